The van der Waals surface area contributed by atoms with Crippen LogP contribution in [0.5, 0.6) is 0 Å². The third kappa shape index (κ3) is 3.57. The van der Waals surface area contributed by atoms with E-state index in [0.29, 0.717) is 21.8 Å². The van der Waals surface area contributed by atoms with Gasteiger partial charge in [-0.3, -0.25) is 0 Å². The van der Waals surface area contributed by atoms with Crippen molar-refractivity contribution in [2.45, 2.75) is 55.9 Å². The highest BCUT2D eigenvalue weighted by molar-refractivity contribution is 8.07. The van der Waals surface area contributed by atoms with E-state index < -0.39 is 0 Å². The molecule has 0 aromatic carbocycles. The second-order valence-electron chi connectivity index (χ2n) is 5.70. The summed E-state index contributed by atoms with van der Waals surface area (Å²) in [6, 6.07) is 0.523. The summed E-state index contributed by atoms with van der Waals surface area (Å²) in [6.07, 6.45) is 0. The van der Waals surface area contributed by atoms with E-state index in [2.05, 4.69) is 50.1 Å². The van der Waals surface area contributed by atoms with E-state index in [9.17, 15) is 0 Å². The number of hydrogen-bond donors (Lipinski definition) is 1. The van der Waals surface area contributed by atoms with Gasteiger partial charge in [-0.1, -0.05) is 19.0 Å². The Bertz CT molecular complexity index is 402. The predicted molar refractivity (Wildman–Crippen MR) is 79.4 cm³/mol. The second-order valence-corrected chi connectivity index (χ2v) is 8.70. The van der Waals surface area contributed by atoms with E-state index >= 15 is 0 Å². The number of nitrogens with one attached hydrogen (secondary N) is 1. The first kappa shape index (κ1) is 14.1. The lowest BCUT2D eigenvalue weighted by molar-refractivity contribution is 0.412. The topological polar surface area (TPSA) is 51.0 Å². The lowest BCUT2D eigenvalue weighted by Gasteiger charge is -2.29. The van der Waals surface area contributed by atoms with Crippen LogP contribution in [0.4, 0.5) is 6.01 Å². The average molecular weight is 287 g/mol. The maximum absolute atomic E-state index is 5.26. The molecule has 1 aromatic rings. The van der Waals surface area contributed by atoms with Crippen LogP contribution >= 0.6 is 23.5 Å². The standard InChI is InChI=1S/C12H21N3OS2/c1-7-8(2)18-9(6-17-7)10-13-11(16-15-10)14-12(3,4)5/h7-9H,6H2,1-5H3,(H,13,14,15). The first-order valence-electron chi connectivity index (χ1n) is 6.24. The molecule has 0 amide bonds. The molecule has 1 fully saturated rings. The van der Waals surface area contributed by atoms with Crippen molar-refractivity contribution in [3.63, 3.8) is 0 Å². The van der Waals surface area contributed by atoms with Gasteiger partial charge in [0.15, 0.2) is 5.82 Å². The van der Waals surface area contributed by atoms with E-state index in [0.717, 1.165) is 11.6 Å². The van der Waals surface area contributed by atoms with E-state index in [1.807, 2.05) is 23.5 Å². The maximum atomic E-state index is 5.26. The third-order valence-electron chi connectivity index (χ3n) is 2.76. The molecule has 4 nitrogen and oxygen atoms in total. The number of hydrogen-bond acceptors (Lipinski definition) is 6. The fraction of sp³-hybridized carbons (Fsp3) is 0.833. The normalized spacial score (nSPS) is 29.3. The largest absolute Gasteiger partial charge is 0.333 e. The molecule has 3 unspecified atom stereocenters. The summed E-state index contributed by atoms with van der Waals surface area (Å²) in [5.74, 6) is 1.88. The van der Waals surface area contributed by atoms with Gasteiger partial charge in [0.2, 0.25) is 0 Å². The summed E-state index contributed by atoms with van der Waals surface area (Å²) in [5, 5.41) is 8.98. The van der Waals surface area contributed by atoms with Gasteiger partial charge in [-0.05, 0) is 20.8 Å². The fourth-order valence-corrected chi connectivity index (χ4v) is 4.49. The van der Waals surface area contributed by atoms with Gasteiger partial charge < -0.3 is 9.84 Å². The van der Waals surface area contributed by atoms with Crippen molar-refractivity contribution in [3.8, 4) is 0 Å². The molecule has 0 saturated carbocycles. The van der Waals surface area contributed by atoms with Crippen LogP contribution in [0.1, 0.15) is 45.7 Å². The molecule has 1 saturated heterocycles. The molecule has 1 aromatic heterocycles. The number of anilines is 1. The van der Waals surface area contributed by atoms with Crippen LogP contribution in [0.25, 0.3) is 0 Å². The second kappa shape index (κ2) is 5.33. The molecule has 3 atom stereocenters. The SMILES string of the molecule is CC1SCC(c2noc(NC(C)(C)C)n2)SC1C. The quantitative estimate of drug-likeness (QED) is 0.897. The minimum atomic E-state index is -0.0555. The Morgan fingerprint density at radius 3 is 2.61 bits per heavy atom. The van der Waals surface area contributed by atoms with Gasteiger partial charge in [0.1, 0.15) is 0 Å². The molecule has 6 heteroatoms. The summed E-state index contributed by atoms with van der Waals surface area (Å²) >= 11 is 3.93. The van der Waals surface area contributed by atoms with E-state index in [4.69, 9.17) is 4.52 Å². The van der Waals surface area contributed by atoms with Crippen molar-refractivity contribution in [3.05, 3.63) is 5.82 Å². The molecule has 102 valence electrons. The van der Waals surface area contributed by atoms with Crippen LogP contribution in [0.15, 0.2) is 4.52 Å². The minimum absolute atomic E-state index is 0.0555. The lowest BCUT2D eigenvalue weighted by atomic mass is 10.1. The van der Waals surface area contributed by atoms with Crippen LogP contribution in [0.2, 0.25) is 0 Å². The molecular weight excluding hydrogens is 266 g/mol. The van der Waals surface area contributed by atoms with Crippen molar-refractivity contribution in [1.82, 2.24) is 10.1 Å². The van der Waals surface area contributed by atoms with Crippen LogP contribution in [-0.2, 0) is 0 Å². The Hall–Kier alpha value is -0.360. The van der Waals surface area contributed by atoms with Crippen LogP contribution < -0.4 is 5.32 Å². The van der Waals surface area contributed by atoms with E-state index in [1.165, 1.54) is 0 Å². The van der Waals surface area contributed by atoms with Gasteiger partial charge in [0.05, 0.1) is 5.25 Å². The molecule has 1 aliphatic heterocycles. The summed E-state index contributed by atoms with van der Waals surface area (Å²) in [6.45, 7) is 10.8. The molecule has 0 spiro atoms. The lowest BCUT2D eigenvalue weighted by Crippen LogP contribution is -2.26. The monoisotopic (exact) mass is 287 g/mol. The van der Waals surface area contributed by atoms with Crippen molar-refractivity contribution in [1.29, 1.82) is 0 Å². The predicted octanol–water partition coefficient (Wildman–Crippen LogP) is 3.58. The Morgan fingerprint density at radius 1 is 1.28 bits per heavy atom. The first-order chi connectivity index (χ1) is 8.35. The molecule has 0 radical (unpaired) electrons. The molecule has 18 heavy (non-hydrogen) atoms. The van der Waals surface area contributed by atoms with Gasteiger partial charge in [-0.15, -0.1) is 11.8 Å². The summed E-state index contributed by atoms with van der Waals surface area (Å²) in [5.41, 5.74) is -0.0555. The van der Waals surface area contributed by atoms with Crippen molar-refractivity contribution in [2.24, 2.45) is 0 Å². The Kier molecular flexibility index (Phi) is 4.16. The van der Waals surface area contributed by atoms with Crippen molar-refractivity contribution in [2.75, 3.05) is 11.1 Å². The zero-order valence-electron chi connectivity index (χ0n) is 11.6. The highest BCUT2D eigenvalue weighted by Crippen LogP contribution is 2.43. The summed E-state index contributed by atoms with van der Waals surface area (Å²) in [7, 11) is 0. The number of thioether (sulfide) groups is 2. The molecule has 0 bridgehead atoms. The molecule has 0 aliphatic carbocycles. The van der Waals surface area contributed by atoms with Gasteiger partial charge in [0.25, 0.3) is 0 Å². The third-order valence-corrected chi connectivity index (χ3v) is 6.15. The van der Waals surface area contributed by atoms with Crippen LogP contribution in [0.3, 0.4) is 0 Å². The molecular formula is C12H21N3OS2. The Balaban J connectivity index is 2.02. The van der Waals surface area contributed by atoms with E-state index in [-0.39, 0.29) is 5.54 Å². The van der Waals surface area contributed by atoms with Gasteiger partial charge in [0, 0.05) is 21.8 Å². The Labute approximate surface area is 117 Å². The van der Waals surface area contributed by atoms with Gasteiger partial charge in [-0.2, -0.15) is 16.7 Å². The zero-order valence-corrected chi connectivity index (χ0v) is 13.2. The average Bonchev–Trinajstić information content (AvgIpc) is 2.68. The zero-order chi connectivity index (χ0) is 13.3. The molecule has 2 rings (SSSR count). The van der Waals surface area contributed by atoms with Gasteiger partial charge >= 0.3 is 6.01 Å². The summed E-state index contributed by atoms with van der Waals surface area (Å²) in [4.78, 5) is 4.46. The minimum Gasteiger partial charge on any atom is -0.333 e. The summed E-state index contributed by atoms with van der Waals surface area (Å²) < 4.78 is 5.26. The van der Waals surface area contributed by atoms with Crippen LogP contribution in [0, 0.1) is 0 Å². The first-order valence-corrected chi connectivity index (χ1v) is 8.23. The molecule has 1 N–H and O–H groups in total. The van der Waals surface area contributed by atoms with Crippen LogP contribution in [-0.4, -0.2) is 31.9 Å². The highest BCUT2D eigenvalue weighted by Gasteiger charge is 2.30. The molecule has 1 aliphatic rings. The number of aromatic nitrogens is 2. The molecule has 2 heterocycles. The van der Waals surface area contributed by atoms with E-state index in [1.54, 1.807) is 0 Å². The van der Waals surface area contributed by atoms with Gasteiger partial charge in [-0.25, -0.2) is 0 Å². The number of nitrogens with zero attached hydrogens (tertiary/aromatic N) is 2. The van der Waals surface area contributed by atoms with Crippen molar-refractivity contribution >= 4 is 29.5 Å². The van der Waals surface area contributed by atoms with Crippen molar-refractivity contribution < 1.29 is 4.52 Å². The highest BCUT2D eigenvalue weighted by atomic mass is 32.2. The smallest absolute Gasteiger partial charge is 0.321 e. The fourth-order valence-electron chi connectivity index (χ4n) is 1.66. The Morgan fingerprint density at radius 2 is 2.00 bits per heavy atom. The maximum Gasteiger partial charge on any atom is 0.321 e. The number of rotatable bonds is 2.